The molecule has 0 aliphatic carbocycles. The number of rotatable bonds is 8. The van der Waals surface area contributed by atoms with Crippen molar-refractivity contribution in [3.05, 3.63) is 84.3 Å². The Labute approximate surface area is 179 Å². The van der Waals surface area contributed by atoms with E-state index in [2.05, 4.69) is 53.4 Å². The molecule has 2 aromatic carbocycles. The number of likely N-dealkylation sites (tertiary alicyclic amines) is 1. The summed E-state index contributed by atoms with van der Waals surface area (Å²) in [5, 5.41) is 0. The third kappa shape index (κ3) is 5.61. The summed E-state index contributed by atoms with van der Waals surface area (Å²) in [5.41, 5.74) is 4.57. The molecule has 4 heteroatoms. The molecule has 1 aromatic heterocycles. The lowest BCUT2D eigenvalue weighted by atomic mass is 10.0. The van der Waals surface area contributed by atoms with Crippen LogP contribution in [-0.2, 0) is 17.9 Å². The molecule has 2 heterocycles. The van der Waals surface area contributed by atoms with Crippen LogP contribution in [0.5, 0.6) is 0 Å². The van der Waals surface area contributed by atoms with E-state index in [1.165, 1.54) is 30.4 Å². The van der Waals surface area contributed by atoms with Crippen LogP contribution in [0.15, 0.2) is 77.6 Å². The van der Waals surface area contributed by atoms with Gasteiger partial charge in [-0.1, -0.05) is 61.0 Å². The molecule has 3 aromatic rings. The molecular formula is C26H30N2O2. The highest BCUT2D eigenvalue weighted by molar-refractivity contribution is 5.76. The van der Waals surface area contributed by atoms with Gasteiger partial charge in [0.2, 0.25) is 5.91 Å². The minimum absolute atomic E-state index is 0.203. The van der Waals surface area contributed by atoms with E-state index in [0.717, 1.165) is 30.8 Å². The second kappa shape index (κ2) is 10.3. The van der Waals surface area contributed by atoms with E-state index in [-0.39, 0.29) is 5.91 Å². The predicted octanol–water partition coefficient (Wildman–Crippen LogP) is 5.35. The molecule has 1 saturated heterocycles. The van der Waals surface area contributed by atoms with Crippen LogP contribution in [0.4, 0.5) is 0 Å². The van der Waals surface area contributed by atoms with E-state index in [9.17, 15) is 4.79 Å². The Morgan fingerprint density at radius 1 is 0.833 bits per heavy atom. The summed E-state index contributed by atoms with van der Waals surface area (Å²) >= 11 is 0. The second-order valence-corrected chi connectivity index (χ2v) is 8.10. The molecule has 4 rings (SSSR count). The molecule has 1 aliphatic rings. The van der Waals surface area contributed by atoms with Gasteiger partial charge in [-0.25, -0.2) is 0 Å². The number of furan rings is 1. The van der Waals surface area contributed by atoms with Crippen LogP contribution in [0, 0.1) is 0 Å². The zero-order valence-electron chi connectivity index (χ0n) is 17.5. The standard InChI is InChI=1S/C26H30N2O2/c29-26(13-17-27-15-5-2-6-16-27)28(20-23-14-18-30-21-23)19-22-9-11-25(12-10-22)24-7-3-1-4-8-24/h1,3-4,7-12,14,18,21H,2,5-6,13,15-17,19-20H2. The number of hydrogen-bond acceptors (Lipinski definition) is 3. The largest absolute Gasteiger partial charge is 0.472 e. The molecular weight excluding hydrogens is 372 g/mol. The first-order valence-electron chi connectivity index (χ1n) is 10.9. The highest BCUT2D eigenvalue weighted by atomic mass is 16.3. The van der Waals surface area contributed by atoms with Crippen molar-refractivity contribution in [2.24, 2.45) is 0 Å². The van der Waals surface area contributed by atoms with Gasteiger partial charge in [0.25, 0.3) is 0 Å². The summed E-state index contributed by atoms with van der Waals surface area (Å²) in [6.45, 7) is 4.29. The Morgan fingerprint density at radius 3 is 2.23 bits per heavy atom. The van der Waals surface area contributed by atoms with Gasteiger partial charge >= 0.3 is 0 Å². The molecule has 0 bridgehead atoms. The molecule has 0 saturated carbocycles. The average Bonchev–Trinajstić information content (AvgIpc) is 3.32. The zero-order valence-corrected chi connectivity index (χ0v) is 17.5. The van der Waals surface area contributed by atoms with Gasteiger partial charge in [-0.3, -0.25) is 4.79 Å². The zero-order chi connectivity index (χ0) is 20.6. The molecule has 1 amide bonds. The SMILES string of the molecule is O=C(CCN1CCCCC1)N(Cc1ccc(-c2ccccc2)cc1)Cc1ccoc1. The Morgan fingerprint density at radius 2 is 1.53 bits per heavy atom. The van der Waals surface area contributed by atoms with Gasteiger partial charge in [-0.15, -0.1) is 0 Å². The topological polar surface area (TPSA) is 36.7 Å². The predicted molar refractivity (Wildman–Crippen MR) is 120 cm³/mol. The van der Waals surface area contributed by atoms with Crippen LogP contribution in [0.2, 0.25) is 0 Å². The summed E-state index contributed by atoms with van der Waals surface area (Å²) in [4.78, 5) is 17.4. The average molecular weight is 403 g/mol. The first-order valence-corrected chi connectivity index (χ1v) is 10.9. The van der Waals surface area contributed by atoms with Gasteiger partial charge in [0.1, 0.15) is 0 Å². The van der Waals surface area contributed by atoms with Gasteiger partial charge in [-0.2, -0.15) is 0 Å². The minimum Gasteiger partial charge on any atom is -0.472 e. The van der Waals surface area contributed by atoms with Gasteiger partial charge in [0.15, 0.2) is 0 Å². The number of carbonyl (C=O) groups is 1. The van der Waals surface area contributed by atoms with Crippen molar-refractivity contribution < 1.29 is 9.21 Å². The summed E-state index contributed by atoms with van der Waals surface area (Å²) in [7, 11) is 0. The smallest absolute Gasteiger partial charge is 0.224 e. The van der Waals surface area contributed by atoms with E-state index in [1.807, 2.05) is 17.0 Å². The van der Waals surface area contributed by atoms with Crippen molar-refractivity contribution in [2.45, 2.75) is 38.8 Å². The Kier molecular flexibility index (Phi) is 6.99. The molecule has 0 unspecified atom stereocenters. The summed E-state index contributed by atoms with van der Waals surface area (Å²) in [6.07, 6.45) is 7.78. The van der Waals surface area contributed by atoms with Crippen molar-refractivity contribution in [1.82, 2.24) is 9.80 Å². The minimum atomic E-state index is 0.203. The quantitative estimate of drug-likeness (QED) is 0.509. The Balaban J connectivity index is 1.42. The summed E-state index contributed by atoms with van der Waals surface area (Å²) in [6, 6.07) is 20.8. The highest BCUT2D eigenvalue weighted by Crippen LogP contribution is 2.21. The maximum absolute atomic E-state index is 13.1. The highest BCUT2D eigenvalue weighted by Gasteiger charge is 2.18. The fourth-order valence-corrected chi connectivity index (χ4v) is 4.08. The van der Waals surface area contributed by atoms with Crippen molar-refractivity contribution in [3.8, 4) is 11.1 Å². The molecule has 4 nitrogen and oxygen atoms in total. The van der Waals surface area contributed by atoms with Gasteiger partial charge in [0, 0.05) is 31.6 Å². The van der Waals surface area contributed by atoms with Crippen molar-refractivity contribution in [3.63, 3.8) is 0 Å². The molecule has 1 aliphatic heterocycles. The summed E-state index contributed by atoms with van der Waals surface area (Å²) in [5.74, 6) is 0.203. The van der Waals surface area contributed by atoms with E-state index in [4.69, 9.17) is 4.42 Å². The van der Waals surface area contributed by atoms with Gasteiger partial charge in [0.05, 0.1) is 12.5 Å². The fourth-order valence-electron chi connectivity index (χ4n) is 4.08. The van der Waals surface area contributed by atoms with Crippen LogP contribution < -0.4 is 0 Å². The number of piperidine rings is 1. The van der Waals surface area contributed by atoms with Gasteiger partial charge in [-0.05, 0) is 48.7 Å². The van der Waals surface area contributed by atoms with Crippen LogP contribution in [0.3, 0.4) is 0 Å². The molecule has 1 fully saturated rings. The van der Waals surface area contributed by atoms with E-state index < -0.39 is 0 Å². The van der Waals surface area contributed by atoms with E-state index in [1.54, 1.807) is 12.5 Å². The maximum atomic E-state index is 13.1. The van der Waals surface area contributed by atoms with Crippen molar-refractivity contribution in [2.75, 3.05) is 19.6 Å². The lowest BCUT2D eigenvalue weighted by molar-refractivity contribution is -0.132. The second-order valence-electron chi connectivity index (χ2n) is 8.10. The number of hydrogen-bond donors (Lipinski definition) is 0. The van der Waals surface area contributed by atoms with Crippen molar-refractivity contribution in [1.29, 1.82) is 0 Å². The normalized spacial score (nSPS) is 14.5. The first kappa shape index (κ1) is 20.4. The molecule has 0 spiro atoms. The lowest BCUT2D eigenvalue weighted by Crippen LogP contribution is -2.36. The van der Waals surface area contributed by atoms with Crippen LogP contribution >= 0.6 is 0 Å². The molecule has 0 radical (unpaired) electrons. The Bertz CT molecular complexity index is 898. The Hall–Kier alpha value is -2.85. The van der Waals surface area contributed by atoms with Crippen LogP contribution in [0.25, 0.3) is 11.1 Å². The summed E-state index contributed by atoms with van der Waals surface area (Å²) < 4.78 is 5.22. The number of benzene rings is 2. The molecule has 156 valence electrons. The first-order chi connectivity index (χ1) is 14.8. The third-order valence-electron chi connectivity index (χ3n) is 5.83. The van der Waals surface area contributed by atoms with E-state index >= 15 is 0 Å². The monoisotopic (exact) mass is 402 g/mol. The molecule has 0 atom stereocenters. The van der Waals surface area contributed by atoms with Crippen molar-refractivity contribution >= 4 is 5.91 Å². The van der Waals surface area contributed by atoms with Crippen LogP contribution in [-0.4, -0.2) is 35.3 Å². The van der Waals surface area contributed by atoms with E-state index in [0.29, 0.717) is 19.5 Å². The third-order valence-corrected chi connectivity index (χ3v) is 5.83. The maximum Gasteiger partial charge on any atom is 0.224 e. The fraction of sp³-hybridized carbons (Fsp3) is 0.346. The van der Waals surface area contributed by atoms with Gasteiger partial charge < -0.3 is 14.2 Å². The number of amides is 1. The molecule has 0 N–H and O–H groups in total. The molecule has 30 heavy (non-hydrogen) atoms. The number of nitrogens with zero attached hydrogens (tertiary/aromatic N) is 2. The lowest BCUT2D eigenvalue weighted by Gasteiger charge is -2.28. The number of carbonyl (C=O) groups excluding carboxylic acids is 1. The van der Waals surface area contributed by atoms with Crippen LogP contribution in [0.1, 0.15) is 36.8 Å².